The summed E-state index contributed by atoms with van der Waals surface area (Å²) in [5.74, 6) is 1.92. The third-order valence-electron chi connectivity index (χ3n) is 4.73. The van der Waals surface area contributed by atoms with E-state index in [4.69, 9.17) is 9.72 Å². The molecule has 1 aromatic heterocycles. The number of thioether (sulfide) groups is 1. The Morgan fingerprint density at radius 3 is 2.65 bits per heavy atom. The van der Waals surface area contributed by atoms with Gasteiger partial charge in [0.15, 0.2) is 5.13 Å². The second-order valence-corrected chi connectivity index (χ2v) is 9.70. The molecule has 1 heterocycles. The Kier molecular flexibility index (Phi) is 9.18. The molecule has 3 aromatic rings. The van der Waals surface area contributed by atoms with Gasteiger partial charge in [0, 0.05) is 17.9 Å². The summed E-state index contributed by atoms with van der Waals surface area (Å²) in [6.07, 6.45) is 2.29. The van der Waals surface area contributed by atoms with Crippen molar-refractivity contribution in [2.24, 2.45) is 0 Å². The minimum atomic E-state index is 0.150. The smallest absolute Gasteiger partial charge is 0.228 e. The number of fused-ring (bicyclic) bond motifs is 1. The van der Waals surface area contributed by atoms with Crippen LogP contribution in [-0.2, 0) is 4.79 Å². The fourth-order valence-electron chi connectivity index (χ4n) is 3.20. The van der Waals surface area contributed by atoms with Crippen LogP contribution in [0.3, 0.4) is 0 Å². The molecule has 0 saturated carbocycles. The summed E-state index contributed by atoms with van der Waals surface area (Å²) in [5, 5.41) is 0.781. The maximum Gasteiger partial charge on any atom is 0.228 e. The van der Waals surface area contributed by atoms with Crippen LogP contribution in [0.15, 0.2) is 53.4 Å². The molecule has 0 aliphatic carbocycles. The van der Waals surface area contributed by atoms with Gasteiger partial charge in [0.05, 0.1) is 16.8 Å². The highest BCUT2D eigenvalue weighted by Gasteiger charge is 2.19. The molecule has 31 heavy (non-hydrogen) atoms. The number of thiazole rings is 1. The van der Waals surface area contributed by atoms with Crippen LogP contribution in [0.1, 0.15) is 26.2 Å². The molecule has 1 amide bonds. The average molecular weight is 458 g/mol. The van der Waals surface area contributed by atoms with E-state index < -0.39 is 0 Å². The van der Waals surface area contributed by atoms with Gasteiger partial charge in [0.25, 0.3) is 0 Å². The van der Waals surface area contributed by atoms with Gasteiger partial charge in [-0.2, -0.15) is 0 Å². The third-order valence-corrected chi connectivity index (χ3v) is 6.86. The molecule has 0 aliphatic heterocycles. The number of nitrogens with zero attached hydrogens (tertiary/aromatic N) is 3. The lowest BCUT2D eigenvalue weighted by Gasteiger charge is -2.21. The zero-order valence-corrected chi connectivity index (χ0v) is 20.2. The summed E-state index contributed by atoms with van der Waals surface area (Å²) in [7, 11) is 4.11. The largest absolute Gasteiger partial charge is 0.494 e. The van der Waals surface area contributed by atoms with Crippen LogP contribution >= 0.6 is 23.1 Å². The number of hydrogen-bond donors (Lipinski definition) is 0. The molecule has 0 N–H and O–H groups in total. The minimum Gasteiger partial charge on any atom is -0.494 e. The zero-order valence-electron chi connectivity index (χ0n) is 18.5. The lowest BCUT2D eigenvalue weighted by Crippen LogP contribution is -2.33. The number of rotatable bonds is 12. The molecule has 0 aliphatic rings. The van der Waals surface area contributed by atoms with Crippen molar-refractivity contribution in [3.8, 4) is 5.75 Å². The summed E-state index contributed by atoms with van der Waals surface area (Å²) >= 11 is 3.36. The molecule has 5 nitrogen and oxygen atoms in total. The highest BCUT2D eigenvalue weighted by molar-refractivity contribution is 7.99. The van der Waals surface area contributed by atoms with Crippen molar-refractivity contribution in [2.75, 3.05) is 44.4 Å². The number of aromatic nitrogens is 1. The summed E-state index contributed by atoms with van der Waals surface area (Å²) in [4.78, 5) is 23.1. The van der Waals surface area contributed by atoms with Crippen LogP contribution in [0.25, 0.3) is 10.2 Å². The molecular weight excluding hydrogens is 426 g/mol. The van der Waals surface area contributed by atoms with Crippen LogP contribution in [0.5, 0.6) is 5.75 Å². The lowest BCUT2D eigenvalue weighted by molar-refractivity contribution is -0.118. The molecule has 7 heteroatoms. The van der Waals surface area contributed by atoms with Crippen molar-refractivity contribution in [1.82, 2.24) is 9.88 Å². The lowest BCUT2D eigenvalue weighted by atomic mass is 10.3. The summed E-state index contributed by atoms with van der Waals surface area (Å²) in [5.41, 5.74) is 0.911. The number of carbonyl (C=O) groups excluding carboxylic acids is 1. The zero-order chi connectivity index (χ0) is 22.1. The first-order valence-electron chi connectivity index (χ1n) is 10.7. The van der Waals surface area contributed by atoms with Crippen molar-refractivity contribution >= 4 is 44.4 Å². The molecule has 0 atom stereocenters. The highest BCUT2D eigenvalue weighted by Crippen LogP contribution is 2.32. The first-order valence-corrected chi connectivity index (χ1v) is 12.5. The first kappa shape index (κ1) is 23.6. The Morgan fingerprint density at radius 2 is 1.90 bits per heavy atom. The molecule has 3 rings (SSSR count). The molecule has 0 fully saturated rings. The number of amides is 1. The summed E-state index contributed by atoms with van der Waals surface area (Å²) in [6.45, 7) is 4.23. The SMILES string of the molecule is CCOc1ccc2nc(N(CCCN(C)C)C(=O)CCCSc3ccccc3)sc2c1. The standard InChI is InChI=1S/C24H31N3O2S2/c1-4-29-19-13-14-21-22(18-19)31-24(25-21)27(16-9-15-26(2)3)23(28)12-8-17-30-20-10-6-5-7-11-20/h5-7,10-11,13-14,18H,4,8-9,12,15-17H2,1-3H3. The van der Waals surface area contributed by atoms with E-state index in [0.717, 1.165) is 46.2 Å². The van der Waals surface area contributed by atoms with Crippen LogP contribution < -0.4 is 9.64 Å². The van der Waals surface area contributed by atoms with E-state index in [-0.39, 0.29) is 5.91 Å². The molecule has 0 unspecified atom stereocenters. The Balaban J connectivity index is 1.66. The van der Waals surface area contributed by atoms with E-state index in [1.807, 2.05) is 48.2 Å². The quantitative estimate of drug-likeness (QED) is 0.263. The number of carbonyl (C=O) groups is 1. The van der Waals surface area contributed by atoms with E-state index in [9.17, 15) is 4.79 Å². The Bertz CT molecular complexity index is 960. The second-order valence-electron chi connectivity index (χ2n) is 7.53. The minimum absolute atomic E-state index is 0.150. The normalized spacial score (nSPS) is 11.2. The van der Waals surface area contributed by atoms with Crippen molar-refractivity contribution in [3.05, 3.63) is 48.5 Å². The van der Waals surface area contributed by atoms with E-state index in [1.54, 1.807) is 23.1 Å². The predicted octanol–water partition coefficient (Wildman–Crippen LogP) is 5.55. The Labute approximate surface area is 193 Å². The molecular formula is C24H31N3O2S2. The average Bonchev–Trinajstić information content (AvgIpc) is 3.18. The maximum absolute atomic E-state index is 13.1. The van der Waals surface area contributed by atoms with Gasteiger partial charge in [-0.1, -0.05) is 29.5 Å². The highest BCUT2D eigenvalue weighted by atomic mass is 32.2. The molecule has 0 spiro atoms. The van der Waals surface area contributed by atoms with Crippen LogP contribution in [0.2, 0.25) is 0 Å². The topological polar surface area (TPSA) is 45.7 Å². The van der Waals surface area contributed by atoms with Crippen LogP contribution in [0, 0.1) is 0 Å². The molecule has 2 aromatic carbocycles. The third kappa shape index (κ3) is 7.23. The van der Waals surface area contributed by atoms with Gasteiger partial charge in [-0.25, -0.2) is 4.98 Å². The van der Waals surface area contributed by atoms with Crippen molar-refractivity contribution in [2.45, 2.75) is 31.1 Å². The summed E-state index contributed by atoms with van der Waals surface area (Å²) in [6, 6.07) is 16.3. The van der Waals surface area contributed by atoms with Crippen LogP contribution in [0.4, 0.5) is 5.13 Å². The Hall–Kier alpha value is -2.09. The van der Waals surface area contributed by atoms with Gasteiger partial charge >= 0.3 is 0 Å². The van der Waals surface area contributed by atoms with Gasteiger partial charge < -0.3 is 9.64 Å². The number of anilines is 1. The van der Waals surface area contributed by atoms with Gasteiger partial charge in [-0.15, -0.1) is 11.8 Å². The second kappa shape index (κ2) is 12.1. The number of ether oxygens (including phenoxy) is 1. The van der Waals surface area contributed by atoms with Crippen molar-refractivity contribution in [3.63, 3.8) is 0 Å². The van der Waals surface area contributed by atoms with Crippen molar-refractivity contribution in [1.29, 1.82) is 0 Å². The summed E-state index contributed by atoms with van der Waals surface area (Å²) < 4.78 is 6.66. The van der Waals surface area contributed by atoms with E-state index in [2.05, 4.69) is 31.1 Å². The monoisotopic (exact) mass is 457 g/mol. The number of hydrogen-bond acceptors (Lipinski definition) is 6. The maximum atomic E-state index is 13.1. The van der Waals surface area contributed by atoms with Gasteiger partial charge in [-0.05, 0) is 76.5 Å². The fraction of sp³-hybridized carbons (Fsp3) is 0.417. The Morgan fingerprint density at radius 1 is 1.10 bits per heavy atom. The van der Waals surface area contributed by atoms with Gasteiger partial charge in [-0.3, -0.25) is 9.69 Å². The van der Waals surface area contributed by atoms with E-state index in [1.165, 1.54) is 4.90 Å². The fourth-order valence-corrected chi connectivity index (χ4v) is 5.11. The first-order chi connectivity index (χ1) is 15.1. The van der Waals surface area contributed by atoms with E-state index in [0.29, 0.717) is 19.6 Å². The number of benzene rings is 2. The molecule has 166 valence electrons. The molecule has 0 saturated heterocycles. The van der Waals surface area contributed by atoms with Gasteiger partial charge in [0.2, 0.25) is 5.91 Å². The van der Waals surface area contributed by atoms with Crippen LogP contribution in [-0.4, -0.2) is 55.3 Å². The van der Waals surface area contributed by atoms with Gasteiger partial charge in [0.1, 0.15) is 5.75 Å². The van der Waals surface area contributed by atoms with E-state index >= 15 is 0 Å². The van der Waals surface area contributed by atoms with Crippen molar-refractivity contribution < 1.29 is 9.53 Å². The predicted molar refractivity (Wildman–Crippen MR) is 133 cm³/mol. The molecule has 0 bridgehead atoms. The molecule has 0 radical (unpaired) electrons.